The molecule has 0 aliphatic carbocycles. The van der Waals surface area contributed by atoms with Crippen molar-refractivity contribution < 1.29 is 9.53 Å². The fourth-order valence-electron chi connectivity index (χ4n) is 1.96. The summed E-state index contributed by atoms with van der Waals surface area (Å²) in [5.74, 6) is 0.371. The van der Waals surface area contributed by atoms with Crippen molar-refractivity contribution in [1.82, 2.24) is 0 Å². The third-order valence-electron chi connectivity index (χ3n) is 2.91. The van der Waals surface area contributed by atoms with Gasteiger partial charge in [0, 0.05) is 11.3 Å². The third kappa shape index (κ3) is 2.94. The summed E-state index contributed by atoms with van der Waals surface area (Å²) in [6.45, 7) is 4.29. The highest BCUT2D eigenvalue weighted by molar-refractivity contribution is 6.35. The molecule has 0 spiro atoms. The molecule has 0 unspecified atom stereocenters. The van der Waals surface area contributed by atoms with Crippen molar-refractivity contribution in [2.75, 3.05) is 12.3 Å². The topological polar surface area (TPSA) is 52.3 Å². The van der Waals surface area contributed by atoms with Gasteiger partial charge in [0.25, 0.3) is 0 Å². The summed E-state index contributed by atoms with van der Waals surface area (Å²) in [4.78, 5) is 12.6. The van der Waals surface area contributed by atoms with Crippen LogP contribution in [-0.2, 0) is 0 Å². The zero-order valence-electron chi connectivity index (χ0n) is 11.4. The van der Waals surface area contributed by atoms with Crippen LogP contribution < -0.4 is 10.5 Å². The highest BCUT2D eigenvalue weighted by Gasteiger charge is 2.18. The van der Waals surface area contributed by atoms with Crippen LogP contribution in [0.4, 0.5) is 5.69 Å². The maximum absolute atomic E-state index is 12.6. The number of benzene rings is 2. The Morgan fingerprint density at radius 2 is 1.95 bits per heavy atom. The van der Waals surface area contributed by atoms with Crippen LogP contribution in [0, 0.1) is 6.92 Å². The second-order valence-corrected chi connectivity index (χ2v) is 4.91. The predicted octanol–water partition coefficient (Wildman–Crippen LogP) is 3.86. The average Bonchev–Trinajstić information content (AvgIpc) is 2.43. The molecule has 2 aromatic rings. The fourth-order valence-corrected chi connectivity index (χ4v) is 2.17. The molecule has 2 aromatic carbocycles. The van der Waals surface area contributed by atoms with Gasteiger partial charge in [-0.15, -0.1) is 0 Å². The summed E-state index contributed by atoms with van der Waals surface area (Å²) in [7, 11) is 0. The Morgan fingerprint density at radius 1 is 1.20 bits per heavy atom. The van der Waals surface area contributed by atoms with Gasteiger partial charge in [-0.25, -0.2) is 0 Å². The number of carbonyl (C=O) groups excluding carboxylic acids is 1. The average molecular weight is 290 g/mol. The number of ether oxygens (including phenoxy) is 1. The maximum atomic E-state index is 12.6. The lowest BCUT2D eigenvalue weighted by Gasteiger charge is -2.11. The molecule has 0 aliphatic heterocycles. The normalized spacial score (nSPS) is 10.3. The first-order valence-electron chi connectivity index (χ1n) is 6.36. The molecule has 0 heterocycles. The van der Waals surface area contributed by atoms with Crippen molar-refractivity contribution >= 4 is 23.1 Å². The van der Waals surface area contributed by atoms with Gasteiger partial charge in [0.1, 0.15) is 5.75 Å². The fraction of sp³-hybridized carbons (Fsp3) is 0.188. The molecule has 3 nitrogen and oxygen atoms in total. The zero-order valence-corrected chi connectivity index (χ0v) is 12.2. The molecule has 2 N–H and O–H groups in total. The van der Waals surface area contributed by atoms with E-state index < -0.39 is 0 Å². The number of nitrogen functional groups attached to an aromatic ring is 1. The van der Waals surface area contributed by atoms with Gasteiger partial charge in [-0.05, 0) is 44.2 Å². The van der Waals surface area contributed by atoms with E-state index in [9.17, 15) is 4.79 Å². The number of hydrogen-bond acceptors (Lipinski definition) is 3. The minimum atomic E-state index is -0.186. The number of nitrogens with two attached hydrogens (primary N) is 1. The van der Waals surface area contributed by atoms with E-state index in [-0.39, 0.29) is 5.78 Å². The predicted molar refractivity (Wildman–Crippen MR) is 81.6 cm³/mol. The van der Waals surface area contributed by atoms with Gasteiger partial charge in [0.15, 0.2) is 5.78 Å². The molecule has 0 amide bonds. The van der Waals surface area contributed by atoms with Gasteiger partial charge in [-0.3, -0.25) is 4.79 Å². The monoisotopic (exact) mass is 289 g/mol. The molecule has 0 atom stereocenters. The summed E-state index contributed by atoms with van der Waals surface area (Å²) in [5, 5.41) is 0.383. The molecule has 104 valence electrons. The standard InChI is InChI=1S/C16H16ClNO2/c1-3-20-15-7-4-10(2)8-13(15)16(19)12-9-11(18)5-6-14(12)17/h4-9H,3,18H2,1-2H3. The van der Waals surface area contributed by atoms with Crippen molar-refractivity contribution in [3.8, 4) is 5.75 Å². The van der Waals surface area contributed by atoms with E-state index in [1.54, 1.807) is 30.3 Å². The van der Waals surface area contributed by atoms with Crippen LogP contribution in [0.15, 0.2) is 36.4 Å². The van der Waals surface area contributed by atoms with Crippen LogP contribution in [0.3, 0.4) is 0 Å². The van der Waals surface area contributed by atoms with Crippen LogP contribution in [-0.4, -0.2) is 12.4 Å². The molecule has 0 aliphatic rings. The van der Waals surface area contributed by atoms with Crippen LogP contribution in [0.2, 0.25) is 5.02 Å². The van der Waals surface area contributed by atoms with Gasteiger partial charge in [-0.1, -0.05) is 23.2 Å². The Balaban J connectivity index is 2.52. The first-order valence-corrected chi connectivity index (χ1v) is 6.74. The summed E-state index contributed by atoms with van der Waals surface area (Å²) in [6, 6.07) is 10.4. The van der Waals surface area contributed by atoms with Gasteiger partial charge in [0.05, 0.1) is 17.2 Å². The minimum Gasteiger partial charge on any atom is -0.493 e. The lowest BCUT2D eigenvalue weighted by atomic mass is 10.00. The molecule has 4 heteroatoms. The number of anilines is 1. The lowest BCUT2D eigenvalue weighted by Crippen LogP contribution is -2.07. The molecular formula is C16H16ClNO2. The molecular weight excluding hydrogens is 274 g/mol. The number of rotatable bonds is 4. The Morgan fingerprint density at radius 3 is 2.65 bits per heavy atom. The number of hydrogen-bond donors (Lipinski definition) is 1. The van der Waals surface area contributed by atoms with Crippen molar-refractivity contribution in [3.05, 3.63) is 58.1 Å². The van der Waals surface area contributed by atoms with Gasteiger partial charge in [0.2, 0.25) is 0 Å². The first kappa shape index (κ1) is 14.4. The summed E-state index contributed by atoms with van der Waals surface area (Å²) in [5.41, 5.74) is 8.10. The van der Waals surface area contributed by atoms with Gasteiger partial charge in [-0.2, -0.15) is 0 Å². The lowest BCUT2D eigenvalue weighted by molar-refractivity contribution is 0.103. The molecule has 0 saturated heterocycles. The smallest absolute Gasteiger partial charge is 0.198 e. The van der Waals surface area contributed by atoms with E-state index in [1.165, 1.54) is 0 Å². The number of halogens is 1. The van der Waals surface area contributed by atoms with Crippen molar-refractivity contribution in [2.24, 2.45) is 0 Å². The highest BCUT2D eigenvalue weighted by Crippen LogP contribution is 2.27. The molecule has 0 radical (unpaired) electrons. The summed E-state index contributed by atoms with van der Waals surface area (Å²) < 4.78 is 5.51. The van der Waals surface area contributed by atoms with Gasteiger partial charge >= 0.3 is 0 Å². The van der Waals surface area contributed by atoms with E-state index in [1.807, 2.05) is 19.9 Å². The largest absolute Gasteiger partial charge is 0.493 e. The number of aryl methyl sites for hydroxylation is 1. The van der Waals surface area contributed by atoms with Crippen LogP contribution >= 0.6 is 11.6 Å². The Bertz CT molecular complexity index is 653. The van der Waals surface area contributed by atoms with E-state index >= 15 is 0 Å². The molecule has 20 heavy (non-hydrogen) atoms. The van der Waals surface area contributed by atoms with E-state index in [0.29, 0.717) is 34.2 Å². The van der Waals surface area contributed by atoms with E-state index in [4.69, 9.17) is 22.1 Å². The SMILES string of the molecule is CCOc1ccc(C)cc1C(=O)c1cc(N)ccc1Cl. The second kappa shape index (κ2) is 5.97. The van der Waals surface area contributed by atoms with E-state index in [0.717, 1.165) is 5.56 Å². The van der Waals surface area contributed by atoms with E-state index in [2.05, 4.69) is 0 Å². The first-order chi connectivity index (χ1) is 9.52. The molecule has 0 fully saturated rings. The highest BCUT2D eigenvalue weighted by atomic mass is 35.5. The Kier molecular flexibility index (Phi) is 4.30. The van der Waals surface area contributed by atoms with Crippen molar-refractivity contribution in [3.63, 3.8) is 0 Å². The van der Waals surface area contributed by atoms with Crippen molar-refractivity contribution in [1.29, 1.82) is 0 Å². The summed E-state index contributed by atoms with van der Waals surface area (Å²) in [6.07, 6.45) is 0. The van der Waals surface area contributed by atoms with Crippen LogP contribution in [0.5, 0.6) is 5.75 Å². The number of carbonyl (C=O) groups is 1. The summed E-state index contributed by atoms with van der Waals surface area (Å²) >= 11 is 6.09. The maximum Gasteiger partial charge on any atom is 0.198 e. The third-order valence-corrected chi connectivity index (χ3v) is 3.24. The molecule has 0 saturated carbocycles. The Hall–Kier alpha value is -2.00. The van der Waals surface area contributed by atoms with Crippen molar-refractivity contribution in [2.45, 2.75) is 13.8 Å². The van der Waals surface area contributed by atoms with Gasteiger partial charge < -0.3 is 10.5 Å². The quantitative estimate of drug-likeness (QED) is 0.687. The molecule has 0 aromatic heterocycles. The molecule has 0 bridgehead atoms. The number of ketones is 1. The van der Waals surface area contributed by atoms with Crippen LogP contribution in [0.1, 0.15) is 28.4 Å². The Labute approximate surface area is 123 Å². The zero-order chi connectivity index (χ0) is 14.7. The molecule has 2 rings (SSSR count). The van der Waals surface area contributed by atoms with Crippen LogP contribution in [0.25, 0.3) is 0 Å². The second-order valence-electron chi connectivity index (χ2n) is 4.50. The minimum absolute atomic E-state index is 0.186.